The highest BCUT2D eigenvalue weighted by molar-refractivity contribution is 6.07. The van der Waals surface area contributed by atoms with E-state index in [9.17, 15) is 9.59 Å². The average molecular weight is 379 g/mol. The monoisotopic (exact) mass is 379 g/mol. The van der Waals surface area contributed by atoms with Gasteiger partial charge in [-0.15, -0.1) is 10.2 Å². The molecule has 1 aliphatic rings. The summed E-state index contributed by atoms with van der Waals surface area (Å²) in [4.78, 5) is 27.4. The molecule has 28 heavy (non-hydrogen) atoms. The van der Waals surface area contributed by atoms with E-state index in [0.29, 0.717) is 18.0 Å². The number of benzene rings is 1. The topological polar surface area (TPSA) is 73.0 Å². The van der Waals surface area contributed by atoms with Crippen LogP contribution in [0.4, 0.5) is 0 Å². The van der Waals surface area contributed by atoms with E-state index in [1.54, 1.807) is 19.6 Å². The summed E-state index contributed by atoms with van der Waals surface area (Å²) in [5.41, 5.74) is 1.61. The molecule has 7 nitrogen and oxygen atoms in total. The SMILES string of the molecule is CC[C@H](C(=O)N1CCC(n2cnnc2)CC1)n1cc(C(C)=O)c2ccccc21. The van der Waals surface area contributed by atoms with Crippen molar-refractivity contribution in [3.05, 3.63) is 48.7 Å². The van der Waals surface area contributed by atoms with Crippen LogP contribution in [0.25, 0.3) is 10.9 Å². The molecule has 0 radical (unpaired) electrons. The Labute approximate surface area is 164 Å². The molecule has 7 heteroatoms. The Hall–Kier alpha value is -2.96. The quantitative estimate of drug-likeness (QED) is 0.638. The summed E-state index contributed by atoms with van der Waals surface area (Å²) in [6.45, 7) is 5.03. The van der Waals surface area contributed by atoms with Crippen LogP contribution in [0.1, 0.15) is 55.6 Å². The predicted molar refractivity (Wildman–Crippen MR) is 106 cm³/mol. The summed E-state index contributed by atoms with van der Waals surface area (Å²) in [5, 5.41) is 8.67. The molecular weight excluding hydrogens is 354 g/mol. The number of aromatic nitrogens is 4. The molecule has 1 atom stereocenters. The molecule has 0 saturated carbocycles. The van der Waals surface area contributed by atoms with Crippen molar-refractivity contribution >= 4 is 22.6 Å². The molecule has 1 aliphatic heterocycles. The molecule has 3 heterocycles. The summed E-state index contributed by atoms with van der Waals surface area (Å²) in [7, 11) is 0. The fourth-order valence-electron chi connectivity index (χ4n) is 4.23. The van der Waals surface area contributed by atoms with Crippen molar-refractivity contribution in [2.75, 3.05) is 13.1 Å². The number of amides is 1. The van der Waals surface area contributed by atoms with E-state index in [2.05, 4.69) is 10.2 Å². The second-order valence-electron chi connectivity index (χ2n) is 7.41. The van der Waals surface area contributed by atoms with Gasteiger partial charge in [0.25, 0.3) is 0 Å². The number of hydrogen-bond acceptors (Lipinski definition) is 4. The van der Waals surface area contributed by atoms with Crippen molar-refractivity contribution in [1.29, 1.82) is 0 Å². The van der Waals surface area contributed by atoms with E-state index in [0.717, 1.165) is 36.8 Å². The van der Waals surface area contributed by atoms with Gasteiger partial charge in [0.2, 0.25) is 5.91 Å². The van der Waals surface area contributed by atoms with Crippen molar-refractivity contribution in [3.63, 3.8) is 0 Å². The van der Waals surface area contributed by atoms with Gasteiger partial charge in [-0.1, -0.05) is 25.1 Å². The Morgan fingerprint density at radius 2 is 1.82 bits per heavy atom. The Morgan fingerprint density at radius 3 is 2.46 bits per heavy atom. The summed E-state index contributed by atoms with van der Waals surface area (Å²) in [5.74, 6) is 0.146. The van der Waals surface area contributed by atoms with Gasteiger partial charge in [-0.2, -0.15) is 0 Å². The summed E-state index contributed by atoms with van der Waals surface area (Å²) in [6.07, 6.45) is 7.80. The van der Waals surface area contributed by atoms with Crippen molar-refractivity contribution in [1.82, 2.24) is 24.2 Å². The zero-order chi connectivity index (χ0) is 19.7. The Balaban J connectivity index is 1.57. The molecule has 1 aromatic carbocycles. The molecule has 0 bridgehead atoms. The van der Waals surface area contributed by atoms with Crippen molar-refractivity contribution in [3.8, 4) is 0 Å². The van der Waals surface area contributed by atoms with Crippen LogP contribution >= 0.6 is 0 Å². The molecule has 2 aromatic heterocycles. The lowest BCUT2D eigenvalue weighted by Gasteiger charge is -2.34. The molecule has 4 rings (SSSR count). The normalized spacial score (nSPS) is 16.4. The second-order valence-corrected chi connectivity index (χ2v) is 7.41. The van der Waals surface area contributed by atoms with E-state index < -0.39 is 0 Å². The van der Waals surface area contributed by atoms with E-state index in [-0.39, 0.29) is 17.7 Å². The maximum Gasteiger partial charge on any atom is 0.245 e. The molecule has 1 saturated heterocycles. The molecule has 3 aromatic rings. The first kappa shape index (κ1) is 18.4. The molecule has 1 amide bonds. The van der Waals surface area contributed by atoms with Gasteiger partial charge < -0.3 is 14.0 Å². The van der Waals surface area contributed by atoms with Gasteiger partial charge in [-0.25, -0.2) is 0 Å². The highest BCUT2D eigenvalue weighted by Crippen LogP contribution is 2.29. The van der Waals surface area contributed by atoms with Crippen molar-refractivity contribution in [2.45, 2.75) is 45.2 Å². The van der Waals surface area contributed by atoms with E-state index in [1.807, 2.05) is 51.4 Å². The van der Waals surface area contributed by atoms with Crippen LogP contribution in [0.3, 0.4) is 0 Å². The minimum atomic E-state index is -0.301. The molecule has 0 unspecified atom stereocenters. The number of piperidine rings is 1. The van der Waals surface area contributed by atoms with Crippen LogP contribution in [-0.2, 0) is 4.79 Å². The van der Waals surface area contributed by atoms with Gasteiger partial charge in [-0.05, 0) is 32.3 Å². The lowest BCUT2D eigenvalue weighted by molar-refractivity contribution is -0.136. The standard InChI is InChI=1S/C21H25N5O2/c1-3-19(26-12-18(15(2)27)17-6-4-5-7-20(17)26)21(28)24-10-8-16(9-11-24)25-13-22-23-14-25/h4-7,12-14,16,19H,3,8-11H2,1-2H3/t19-/m1/s1. The second kappa shape index (κ2) is 7.58. The zero-order valence-corrected chi connectivity index (χ0v) is 16.3. The maximum absolute atomic E-state index is 13.3. The zero-order valence-electron chi connectivity index (χ0n) is 16.3. The number of likely N-dealkylation sites (tertiary alicyclic amines) is 1. The Bertz CT molecular complexity index is 984. The third-order valence-electron chi connectivity index (χ3n) is 5.76. The first-order valence-electron chi connectivity index (χ1n) is 9.83. The third-order valence-corrected chi connectivity index (χ3v) is 5.76. The molecule has 1 fully saturated rings. The third kappa shape index (κ3) is 3.21. The number of carbonyl (C=O) groups is 2. The van der Waals surface area contributed by atoms with Crippen LogP contribution in [-0.4, -0.2) is 49.0 Å². The van der Waals surface area contributed by atoms with E-state index in [1.165, 1.54) is 0 Å². The summed E-state index contributed by atoms with van der Waals surface area (Å²) < 4.78 is 4.01. The number of carbonyl (C=O) groups excluding carboxylic acids is 2. The number of hydrogen-bond donors (Lipinski definition) is 0. The molecule has 0 aliphatic carbocycles. The van der Waals surface area contributed by atoms with Crippen LogP contribution in [0.2, 0.25) is 0 Å². The van der Waals surface area contributed by atoms with Crippen LogP contribution in [0, 0.1) is 0 Å². The Kier molecular flexibility index (Phi) is 4.98. The number of nitrogens with zero attached hydrogens (tertiary/aromatic N) is 5. The Morgan fingerprint density at radius 1 is 1.14 bits per heavy atom. The molecular formula is C21H25N5O2. The fraction of sp³-hybridized carbons (Fsp3) is 0.429. The van der Waals surface area contributed by atoms with E-state index >= 15 is 0 Å². The van der Waals surface area contributed by atoms with E-state index in [4.69, 9.17) is 0 Å². The first-order chi connectivity index (χ1) is 13.6. The summed E-state index contributed by atoms with van der Waals surface area (Å²) in [6, 6.07) is 7.85. The summed E-state index contributed by atoms with van der Waals surface area (Å²) >= 11 is 0. The average Bonchev–Trinajstić information content (AvgIpc) is 3.37. The van der Waals surface area contributed by atoms with Gasteiger partial charge in [-0.3, -0.25) is 9.59 Å². The minimum absolute atomic E-state index is 0.0204. The lowest BCUT2D eigenvalue weighted by atomic mass is 10.0. The first-order valence-corrected chi connectivity index (χ1v) is 9.83. The van der Waals surface area contributed by atoms with Crippen LogP contribution in [0.15, 0.2) is 43.1 Å². The molecule has 0 N–H and O–H groups in total. The minimum Gasteiger partial charge on any atom is -0.341 e. The number of para-hydroxylation sites is 1. The van der Waals surface area contributed by atoms with Crippen molar-refractivity contribution < 1.29 is 9.59 Å². The van der Waals surface area contributed by atoms with Crippen molar-refractivity contribution in [2.24, 2.45) is 0 Å². The number of rotatable bonds is 5. The number of Topliss-reactive ketones (excluding diaryl/α,β-unsaturated/α-hetero) is 1. The van der Waals surface area contributed by atoms with Gasteiger partial charge in [0.05, 0.1) is 0 Å². The van der Waals surface area contributed by atoms with Gasteiger partial charge in [0.15, 0.2) is 5.78 Å². The van der Waals surface area contributed by atoms with Crippen LogP contribution in [0.5, 0.6) is 0 Å². The van der Waals surface area contributed by atoms with Crippen LogP contribution < -0.4 is 0 Å². The smallest absolute Gasteiger partial charge is 0.245 e. The largest absolute Gasteiger partial charge is 0.341 e. The van der Waals surface area contributed by atoms with Gasteiger partial charge in [0.1, 0.15) is 18.7 Å². The van der Waals surface area contributed by atoms with Gasteiger partial charge in [0, 0.05) is 41.8 Å². The number of ketones is 1. The molecule has 0 spiro atoms. The lowest BCUT2D eigenvalue weighted by Crippen LogP contribution is -2.42. The van der Waals surface area contributed by atoms with Gasteiger partial charge >= 0.3 is 0 Å². The predicted octanol–water partition coefficient (Wildman–Crippen LogP) is 3.25. The highest BCUT2D eigenvalue weighted by atomic mass is 16.2. The fourth-order valence-corrected chi connectivity index (χ4v) is 4.23. The highest BCUT2D eigenvalue weighted by Gasteiger charge is 2.30. The maximum atomic E-state index is 13.3. The number of fused-ring (bicyclic) bond motifs is 1. The molecule has 146 valence electrons.